The molecular formula is C4H9OP. The summed E-state index contributed by atoms with van der Waals surface area (Å²) >= 11 is 0. The van der Waals surface area contributed by atoms with Gasteiger partial charge in [-0.15, -0.1) is 0 Å². The molecule has 1 fully saturated rings. The second-order valence-corrected chi connectivity index (χ2v) is 3.69. The first-order valence-corrected chi connectivity index (χ1v) is 3.85. The summed E-state index contributed by atoms with van der Waals surface area (Å²) in [6, 6.07) is 0. The van der Waals surface area contributed by atoms with Crippen LogP contribution in [0, 0.1) is 0 Å². The molecule has 0 bridgehead atoms. The van der Waals surface area contributed by atoms with Crippen LogP contribution in [0.3, 0.4) is 0 Å². The van der Waals surface area contributed by atoms with Crippen LogP contribution in [0.4, 0.5) is 0 Å². The van der Waals surface area contributed by atoms with Gasteiger partial charge in [-0.25, -0.2) is 0 Å². The smallest absolute Gasteiger partial charge is 0.0398 e. The topological polar surface area (TPSA) is 9.23 Å². The number of hydrogen-bond acceptors (Lipinski definition) is 1. The molecule has 1 heterocycles. The normalized spacial score (nSPS) is 23.5. The Balaban J connectivity index is 2.01. The molecule has 0 atom stereocenters. The summed E-state index contributed by atoms with van der Waals surface area (Å²) in [4.78, 5) is 0. The molecule has 36 valence electrons. The average Bonchev–Trinajstić information content (AvgIpc) is 1.31. The zero-order valence-electron chi connectivity index (χ0n) is 3.98. The lowest BCUT2D eigenvalue weighted by molar-refractivity contribution is 0.450. The minimum atomic E-state index is 0.104. The molecule has 0 N–H and O–H groups in total. The van der Waals surface area contributed by atoms with Crippen molar-refractivity contribution < 1.29 is 4.52 Å². The van der Waals surface area contributed by atoms with Crippen LogP contribution in [-0.2, 0) is 4.52 Å². The van der Waals surface area contributed by atoms with E-state index < -0.39 is 0 Å². The zero-order valence-corrected chi connectivity index (χ0v) is 4.87. The van der Waals surface area contributed by atoms with E-state index in [4.69, 9.17) is 4.52 Å². The van der Waals surface area contributed by atoms with Crippen LogP contribution in [0.5, 0.6) is 0 Å². The van der Waals surface area contributed by atoms with Gasteiger partial charge >= 0.3 is 0 Å². The van der Waals surface area contributed by atoms with Gasteiger partial charge in [-0.3, -0.25) is 0 Å². The van der Waals surface area contributed by atoms with Crippen LogP contribution in [0.15, 0.2) is 0 Å². The first-order chi connectivity index (χ1) is 2.93. The van der Waals surface area contributed by atoms with Gasteiger partial charge in [0.15, 0.2) is 0 Å². The van der Waals surface area contributed by atoms with E-state index in [1.807, 2.05) is 7.11 Å². The summed E-state index contributed by atoms with van der Waals surface area (Å²) in [7, 11) is 1.91. The molecule has 0 radical (unpaired) electrons. The van der Waals surface area contributed by atoms with E-state index >= 15 is 0 Å². The average molecular weight is 104 g/mol. The largest absolute Gasteiger partial charge is 0.362 e. The predicted molar refractivity (Wildman–Crippen MR) is 28.3 cm³/mol. The summed E-state index contributed by atoms with van der Waals surface area (Å²) in [5.74, 6) is 0. The molecule has 1 saturated heterocycles. The van der Waals surface area contributed by atoms with Gasteiger partial charge in [0.1, 0.15) is 0 Å². The van der Waals surface area contributed by atoms with E-state index in [0.29, 0.717) is 0 Å². The first-order valence-electron chi connectivity index (χ1n) is 2.22. The third-order valence-corrected chi connectivity index (χ3v) is 3.22. The van der Waals surface area contributed by atoms with E-state index in [9.17, 15) is 0 Å². The fourth-order valence-corrected chi connectivity index (χ4v) is 1.41. The molecule has 0 aromatic rings. The Morgan fingerprint density at radius 3 is 2.17 bits per heavy atom. The summed E-state index contributed by atoms with van der Waals surface area (Å²) < 4.78 is 5.05. The zero-order chi connectivity index (χ0) is 4.41. The van der Waals surface area contributed by atoms with Crippen molar-refractivity contribution in [2.45, 2.75) is 6.42 Å². The molecule has 1 rings (SSSR count). The first kappa shape index (κ1) is 4.55. The summed E-state index contributed by atoms with van der Waals surface area (Å²) in [5.41, 5.74) is 0. The Morgan fingerprint density at radius 2 is 2.17 bits per heavy atom. The quantitative estimate of drug-likeness (QED) is 0.457. The highest BCUT2D eigenvalue weighted by molar-refractivity contribution is 7.54. The Labute approximate surface area is 39.5 Å². The SMILES string of the molecule is COP1CCC1. The van der Waals surface area contributed by atoms with E-state index in [1.54, 1.807) is 0 Å². The van der Waals surface area contributed by atoms with E-state index in [0.717, 1.165) is 0 Å². The second kappa shape index (κ2) is 1.90. The Bertz CT molecular complexity index is 40.1. The molecule has 0 aromatic heterocycles. The third kappa shape index (κ3) is 0.717. The van der Waals surface area contributed by atoms with Crippen LogP contribution in [0.2, 0.25) is 0 Å². The molecule has 0 saturated carbocycles. The van der Waals surface area contributed by atoms with Crippen molar-refractivity contribution in [3.05, 3.63) is 0 Å². The number of hydrogen-bond donors (Lipinski definition) is 0. The van der Waals surface area contributed by atoms with Crippen molar-refractivity contribution in [3.8, 4) is 0 Å². The van der Waals surface area contributed by atoms with Crippen LogP contribution < -0.4 is 0 Å². The van der Waals surface area contributed by atoms with Crippen molar-refractivity contribution >= 4 is 8.15 Å². The Morgan fingerprint density at radius 1 is 1.50 bits per heavy atom. The van der Waals surface area contributed by atoms with Crippen molar-refractivity contribution in [3.63, 3.8) is 0 Å². The van der Waals surface area contributed by atoms with Gasteiger partial charge in [0.05, 0.1) is 0 Å². The third-order valence-electron chi connectivity index (χ3n) is 1.07. The highest BCUT2D eigenvalue weighted by Crippen LogP contribution is 2.45. The fourth-order valence-electron chi connectivity index (χ4n) is 0.470. The maximum atomic E-state index is 5.05. The van der Waals surface area contributed by atoms with Gasteiger partial charge in [0.2, 0.25) is 0 Å². The standard InChI is InChI=1S/C4H9OP/c1-5-6-3-2-4-6/h2-4H2,1H3. The Hall–Kier alpha value is 0.390. The van der Waals surface area contributed by atoms with Gasteiger partial charge in [-0.05, 0) is 18.7 Å². The maximum Gasteiger partial charge on any atom is 0.0398 e. The predicted octanol–water partition coefficient (Wildman–Crippen LogP) is 1.43. The van der Waals surface area contributed by atoms with Crippen molar-refractivity contribution in [1.29, 1.82) is 0 Å². The highest BCUT2D eigenvalue weighted by Gasteiger charge is 2.14. The van der Waals surface area contributed by atoms with Crippen LogP contribution >= 0.6 is 8.15 Å². The summed E-state index contributed by atoms with van der Waals surface area (Å²) in [6.07, 6.45) is 4.11. The van der Waals surface area contributed by atoms with Crippen molar-refractivity contribution in [2.24, 2.45) is 0 Å². The Kier molecular flexibility index (Phi) is 1.44. The van der Waals surface area contributed by atoms with E-state index in [2.05, 4.69) is 0 Å². The van der Waals surface area contributed by atoms with Gasteiger partial charge in [-0.2, -0.15) is 0 Å². The van der Waals surface area contributed by atoms with E-state index in [-0.39, 0.29) is 8.15 Å². The molecule has 0 aliphatic carbocycles. The number of rotatable bonds is 1. The fraction of sp³-hybridized carbons (Fsp3) is 1.00. The maximum absolute atomic E-state index is 5.05. The summed E-state index contributed by atoms with van der Waals surface area (Å²) in [5, 5.41) is 0. The van der Waals surface area contributed by atoms with Crippen LogP contribution in [0.25, 0.3) is 0 Å². The van der Waals surface area contributed by atoms with Gasteiger partial charge in [0.25, 0.3) is 0 Å². The molecule has 0 unspecified atom stereocenters. The molecule has 1 nitrogen and oxygen atoms in total. The molecular weight excluding hydrogens is 95.0 g/mol. The highest BCUT2D eigenvalue weighted by atomic mass is 31.1. The minimum Gasteiger partial charge on any atom is -0.362 e. The molecule has 1 aliphatic heterocycles. The van der Waals surface area contributed by atoms with Gasteiger partial charge in [-0.1, -0.05) is 0 Å². The van der Waals surface area contributed by atoms with Crippen molar-refractivity contribution in [1.82, 2.24) is 0 Å². The van der Waals surface area contributed by atoms with Gasteiger partial charge < -0.3 is 4.52 Å². The molecule has 2 heteroatoms. The van der Waals surface area contributed by atoms with E-state index in [1.165, 1.54) is 18.7 Å². The second-order valence-electron chi connectivity index (χ2n) is 1.47. The molecule has 1 aliphatic rings. The lowest BCUT2D eigenvalue weighted by Crippen LogP contribution is -2.03. The monoisotopic (exact) mass is 104 g/mol. The van der Waals surface area contributed by atoms with Crippen molar-refractivity contribution in [2.75, 3.05) is 19.4 Å². The minimum absolute atomic E-state index is 0.104. The molecule has 6 heavy (non-hydrogen) atoms. The molecule has 0 spiro atoms. The summed E-state index contributed by atoms with van der Waals surface area (Å²) in [6.45, 7) is 0. The lowest BCUT2D eigenvalue weighted by Gasteiger charge is -2.22. The van der Waals surface area contributed by atoms with Crippen LogP contribution in [-0.4, -0.2) is 19.4 Å². The van der Waals surface area contributed by atoms with Crippen LogP contribution in [0.1, 0.15) is 6.42 Å². The molecule has 0 aromatic carbocycles. The molecule has 0 amide bonds. The lowest BCUT2D eigenvalue weighted by atomic mass is 10.5. The van der Waals surface area contributed by atoms with Gasteiger partial charge in [0, 0.05) is 15.3 Å².